The maximum Gasteiger partial charge on any atom is 0.256 e. The van der Waals surface area contributed by atoms with Gasteiger partial charge < -0.3 is 9.47 Å². The number of hydrogen-bond donors (Lipinski definition) is 1. The molecule has 0 spiro atoms. The van der Waals surface area contributed by atoms with Crippen LogP contribution in [0.25, 0.3) is 6.08 Å². The van der Waals surface area contributed by atoms with Gasteiger partial charge in [0.05, 0.1) is 12.2 Å². The van der Waals surface area contributed by atoms with E-state index in [-0.39, 0.29) is 12.5 Å². The maximum absolute atomic E-state index is 12.6. The Balaban J connectivity index is 1.74. The Labute approximate surface area is 157 Å². The van der Waals surface area contributed by atoms with Crippen LogP contribution in [0.3, 0.4) is 0 Å². The largest absolute Gasteiger partial charge is 0.490 e. The minimum absolute atomic E-state index is 0.196. The van der Waals surface area contributed by atoms with Crippen LogP contribution in [0.4, 0.5) is 5.13 Å². The van der Waals surface area contributed by atoms with Gasteiger partial charge in [-0.3, -0.25) is 10.1 Å². The summed E-state index contributed by atoms with van der Waals surface area (Å²) in [5.41, 5.74) is 1.38. The van der Waals surface area contributed by atoms with Crippen LogP contribution in [0.2, 0.25) is 0 Å². The average Bonchev–Trinajstić information content (AvgIpc) is 3.11. The van der Waals surface area contributed by atoms with Gasteiger partial charge in [0.1, 0.15) is 11.6 Å². The monoisotopic (exact) mass is 373 g/mol. The Kier molecular flexibility index (Phi) is 5.88. The topological polar surface area (TPSA) is 73.3 Å². The zero-order valence-electron chi connectivity index (χ0n) is 15.2. The Morgan fingerprint density at radius 3 is 2.85 bits per heavy atom. The predicted molar refractivity (Wildman–Crippen MR) is 103 cm³/mol. The highest BCUT2D eigenvalue weighted by atomic mass is 32.1. The number of hydrogen-bond acceptors (Lipinski definition) is 6. The molecule has 1 N–H and O–H groups in total. The molecule has 7 heteroatoms. The molecule has 1 aliphatic heterocycles. The molecule has 26 heavy (non-hydrogen) atoms. The van der Waals surface area contributed by atoms with E-state index in [1.54, 1.807) is 0 Å². The van der Waals surface area contributed by atoms with Gasteiger partial charge in [-0.25, -0.2) is 0 Å². The van der Waals surface area contributed by atoms with Crippen LogP contribution in [-0.2, 0) is 4.79 Å². The second-order valence-electron chi connectivity index (χ2n) is 5.98. The van der Waals surface area contributed by atoms with Gasteiger partial charge in [0.25, 0.3) is 5.91 Å². The van der Waals surface area contributed by atoms with Gasteiger partial charge in [-0.15, -0.1) is 10.2 Å². The fourth-order valence-corrected chi connectivity index (χ4v) is 3.85. The summed E-state index contributed by atoms with van der Waals surface area (Å²) in [6.45, 7) is 6.95. The third-order valence-electron chi connectivity index (χ3n) is 4.30. The Morgan fingerprint density at radius 1 is 1.31 bits per heavy atom. The number of para-hydroxylation sites is 1. The zero-order valence-corrected chi connectivity index (χ0v) is 16.1. The first kappa shape index (κ1) is 18.4. The normalized spacial score (nSPS) is 13.0. The van der Waals surface area contributed by atoms with E-state index < -0.39 is 0 Å². The summed E-state index contributed by atoms with van der Waals surface area (Å²) in [4.78, 5) is 12.6. The molecule has 0 saturated carbocycles. The number of benzene rings is 1. The van der Waals surface area contributed by atoms with Gasteiger partial charge in [0.2, 0.25) is 5.13 Å². The lowest BCUT2D eigenvalue weighted by molar-refractivity contribution is -0.113. The van der Waals surface area contributed by atoms with E-state index in [9.17, 15) is 4.79 Å². The summed E-state index contributed by atoms with van der Waals surface area (Å²) in [6, 6.07) is 5.65. The average molecular weight is 373 g/mol. The molecule has 0 unspecified atom stereocenters. The second kappa shape index (κ2) is 8.31. The van der Waals surface area contributed by atoms with Crippen LogP contribution >= 0.6 is 11.3 Å². The highest BCUT2D eigenvalue weighted by molar-refractivity contribution is 7.15. The minimum atomic E-state index is -0.218. The van der Waals surface area contributed by atoms with Crippen LogP contribution in [0.1, 0.15) is 50.1 Å². The highest BCUT2D eigenvalue weighted by Crippen LogP contribution is 2.36. The Hall–Kier alpha value is -2.41. The minimum Gasteiger partial charge on any atom is -0.490 e. The summed E-state index contributed by atoms with van der Waals surface area (Å²) < 4.78 is 11.3. The van der Waals surface area contributed by atoms with Crippen molar-refractivity contribution >= 4 is 28.5 Å². The van der Waals surface area contributed by atoms with E-state index in [1.807, 2.05) is 31.2 Å². The number of carbonyl (C=O) groups excluding carboxylic acids is 1. The summed E-state index contributed by atoms with van der Waals surface area (Å²) in [6.07, 6.45) is 3.85. The van der Waals surface area contributed by atoms with Gasteiger partial charge in [-0.05, 0) is 31.9 Å². The van der Waals surface area contributed by atoms with Crippen molar-refractivity contribution in [3.63, 3.8) is 0 Å². The van der Waals surface area contributed by atoms with E-state index in [4.69, 9.17) is 9.47 Å². The van der Waals surface area contributed by atoms with E-state index >= 15 is 0 Å². The first-order valence-electron chi connectivity index (χ1n) is 8.90. The van der Waals surface area contributed by atoms with Crippen LogP contribution in [-0.4, -0.2) is 29.3 Å². The smallest absolute Gasteiger partial charge is 0.256 e. The molecule has 0 saturated heterocycles. The van der Waals surface area contributed by atoms with Gasteiger partial charge in [-0.1, -0.05) is 37.3 Å². The number of fused-ring (bicyclic) bond motifs is 1. The van der Waals surface area contributed by atoms with Crippen molar-refractivity contribution in [1.29, 1.82) is 0 Å². The van der Waals surface area contributed by atoms with Crippen molar-refractivity contribution in [2.24, 2.45) is 0 Å². The lowest BCUT2D eigenvalue weighted by atomic mass is 10.1. The molecular formula is C19H23N3O3S. The standard InChI is InChI=1S/C19H23N3O3S/c1-4-12(5-2)18-21-22-19(26-18)20-17(23)14-10-13-8-7-9-15(24-6-3)16(13)25-11-14/h7-10,12H,4-6,11H2,1-3H3,(H,20,22,23). The first-order chi connectivity index (χ1) is 12.7. The van der Waals surface area contributed by atoms with E-state index in [1.165, 1.54) is 11.3 Å². The number of amides is 1. The Morgan fingerprint density at radius 2 is 2.12 bits per heavy atom. The summed E-state index contributed by atoms with van der Waals surface area (Å²) >= 11 is 1.43. The van der Waals surface area contributed by atoms with Crippen LogP contribution < -0.4 is 14.8 Å². The molecular weight excluding hydrogens is 350 g/mol. The highest BCUT2D eigenvalue weighted by Gasteiger charge is 2.21. The zero-order chi connectivity index (χ0) is 18.5. The molecule has 1 aromatic carbocycles. The fraction of sp³-hybridized carbons (Fsp3) is 0.421. The number of carbonyl (C=O) groups is 1. The molecule has 0 atom stereocenters. The number of nitrogens with zero attached hydrogens (tertiary/aromatic N) is 2. The molecule has 138 valence electrons. The van der Waals surface area contributed by atoms with E-state index in [2.05, 4.69) is 29.4 Å². The molecule has 1 aliphatic rings. The van der Waals surface area contributed by atoms with Crippen LogP contribution in [0, 0.1) is 0 Å². The van der Waals surface area contributed by atoms with Gasteiger partial charge >= 0.3 is 0 Å². The Bertz CT molecular complexity index is 812. The van der Waals surface area contributed by atoms with Gasteiger partial charge in [0.15, 0.2) is 11.5 Å². The number of aromatic nitrogens is 2. The number of rotatable bonds is 7. The number of nitrogens with one attached hydrogen (secondary N) is 1. The SMILES string of the molecule is CCOc1cccc2c1OCC(C(=O)Nc1nnc(C(CC)CC)s1)=C2. The quantitative estimate of drug-likeness (QED) is 0.785. The van der Waals surface area contributed by atoms with Crippen LogP contribution in [0.15, 0.2) is 23.8 Å². The van der Waals surface area contributed by atoms with Crippen molar-refractivity contribution in [3.05, 3.63) is 34.3 Å². The molecule has 1 aromatic heterocycles. The third kappa shape index (κ3) is 3.88. The van der Waals surface area contributed by atoms with Crippen LogP contribution in [0.5, 0.6) is 11.5 Å². The second-order valence-corrected chi connectivity index (χ2v) is 6.99. The van der Waals surface area contributed by atoms with Gasteiger partial charge in [-0.2, -0.15) is 0 Å². The number of anilines is 1. The summed E-state index contributed by atoms with van der Waals surface area (Å²) in [5, 5.41) is 12.6. The van der Waals surface area contributed by atoms with Crippen molar-refractivity contribution in [2.45, 2.75) is 39.5 Å². The lowest BCUT2D eigenvalue weighted by Gasteiger charge is -2.19. The molecule has 2 aromatic rings. The number of ether oxygens (including phenoxy) is 2. The molecule has 1 amide bonds. The summed E-state index contributed by atoms with van der Waals surface area (Å²) in [7, 11) is 0. The van der Waals surface area contributed by atoms with Crippen molar-refractivity contribution in [3.8, 4) is 11.5 Å². The van der Waals surface area contributed by atoms with Crippen molar-refractivity contribution < 1.29 is 14.3 Å². The molecule has 0 bridgehead atoms. The molecule has 3 rings (SSSR count). The van der Waals surface area contributed by atoms with Crippen molar-refractivity contribution in [1.82, 2.24) is 10.2 Å². The molecule has 0 fully saturated rings. The van der Waals surface area contributed by atoms with Gasteiger partial charge in [0, 0.05) is 11.5 Å². The van der Waals surface area contributed by atoms with E-state index in [0.29, 0.717) is 34.7 Å². The maximum atomic E-state index is 12.6. The lowest BCUT2D eigenvalue weighted by Crippen LogP contribution is -2.21. The third-order valence-corrected chi connectivity index (χ3v) is 5.30. The predicted octanol–water partition coefficient (Wildman–Crippen LogP) is 4.25. The van der Waals surface area contributed by atoms with Crippen molar-refractivity contribution in [2.75, 3.05) is 18.5 Å². The molecule has 2 heterocycles. The molecule has 6 nitrogen and oxygen atoms in total. The first-order valence-corrected chi connectivity index (χ1v) is 9.71. The molecule has 0 aliphatic carbocycles. The molecule has 0 radical (unpaired) electrons. The summed E-state index contributed by atoms with van der Waals surface area (Å²) in [5.74, 6) is 1.54. The fourth-order valence-electron chi connectivity index (χ4n) is 2.85. The van der Waals surface area contributed by atoms with E-state index in [0.717, 1.165) is 23.4 Å².